The Kier molecular flexibility index (Phi) is 7.65. The minimum absolute atomic E-state index is 0.809. The largest absolute Gasteiger partial charge is 0.357 e. The molecular formula is C44H39N8+3. The molecule has 0 radical (unpaired) electrons. The van der Waals surface area contributed by atoms with E-state index >= 15 is 0 Å². The van der Waals surface area contributed by atoms with E-state index in [4.69, 9.17) is 15.0 Å². The molecule has 5 aliphatic heterocycles. The van der Waals surface area contributed by atoms with Gasteiger partial charge in [-0.15, -0.1) is 0 Å². The van der Waals surface area contributed by atoms with Crippen LogP contribution in [0, 0.1) is 0 Å². The van der Waals surface area contributed by atoms with E-state index in [0.717, 1.165) is 103 Å². The summed E-state index contributed by atoms with van der Waals surface area (Å²) >= 11 is 0. The lowest BCUT2D eigenvalue weighted by Crippen LogP contribution is -2.26. The summed E-state index contributed by atoms with van der Waals surface area (Å²) in [5.74, 6) is 0. The monoisotopic (exact) mass is 679 g/mol. The normalized spacial score (nSPS) is 17.9. The lowest BCUT2D eigenvalue weighted by Gasteiger charge is -2.16. The van der Waals surface area contributed by atoms with Gasteiger partial charge in [0.05, 0.1) is 34.2 Å². The molecule has 8 heteroatoms. The number of aromatic amines is 1. The predicted molar refractivity (Wildman–Crippen MR) is 206 cm³/mol. The summed E-state index contributed by atoms with van der Waals surface area (Å²) < 4.78 is 6.16. The minimum Gasteiger partial charge on any atom is -0.357 e. The first-order valence-electron chi connectivity index (χ1n) is 17.6. The molecule has 4 aromatic rings. The Balaban J connectivity index is 1.36. The number of rotatable bonds is 3. The summed E-state index contributed by atoms with van der Waals surface area (Å²) in [6, 6.07) is 17.3. The molecule has 0 unspecified atom stereocenters. The second kappa shape index (κ2) is 12.7. The molecule has 52 heavy (non-hydrogen) atoms. The average Bonchev–Trinajstić information content (AvgIpc) is 3.99. The second-order valence-corrected chi connectivity index (χ2v) is 13.7. The molecule has 5 aliphatic rings. The van der Waals surface area contributed by atoms with Crippen molar-refractivity contribution in [1.82, 2.24) is 9.88 Å². The van der Waals surface area contributed by atoms with Crippen LogP contribution in [-0.4, -0.2) is 34.1 Å². The van der Waals surface area contributed by atoms with Gasteiger partial charge in [0, 0.05) is 89.5 Å². The number of fused-ring (bicyclic) bond motifs is 5. The number of aromatic nitrogens is 4. The first kappa shape index (κ1) is 31.4. The van der Waals surface area contributed by atoms with Crippen LogP contribution in [0.3, 0.4) is 0 Å². The fourth-order valence-corrected chi connectivity index (χ4v) is 7.32. The van der Waals surface area contributed by atoms with Crippen LogP contribution in [0.2, 0.25) is 0 Å². The van der Waals surface area contributed by atoms with E-state index < -0.39 is 0 Å². The summed E-state index contributed by atoms with van der Waals surface area (Å²) in [5, 5.41) is 0. The number of hydrogen-bond donors (Lipinski definition) is 1. The van der Waals surface area contributed by atoms with Gasteiger partial charge in [-0.25, -0.2) is 23.7 Å². The van der Waals surface area contributed by atoms with Gasteiger partial charge in [-0.2, -0.15) is 0 Å². The number of nitrogens with zero attached hydrogens (tertiary/aromatic N) is 7. The third kappa shape index (κ3) is 5.68. The summed E-state index contributed by atoms with van der Waals surface area (Å²) in [5.41, 5.74) is 16.2. The second-order valence-electron chi connectivity index (χ2n) is 13.7. The van der Waals surface area contributed by atoms with Gasteiger partial charge in [0.15, 0.2) is 37.2 Å². The Morgan fingerprint density at radius 2 is 1.00 bits per heavy atom. The van der Waals surface area contributed by atoms with Gasteiger partial charge in [0.25, 0.3) is 0 Å². The molecule has 0 aliphatic carbocycles. The van der Waals surface area contributed by atoms with Crippen molar-refractivity contribution in [2.24, 2.45) is 36.1 Å². The zero-order valence-corrected chi connectivity index (χ0v) is 29.7. The molecule has 9 rings (SSSR count). The molecule has 0 spiro atoms. The van der Waals surface area contributed by atoms with Crippen LogP contribution in [0.1, 0.15) is 40.9 Å². The van der Waals surface area contributed by atoms with Crippen molar-refractivity contribution in [3.63, 3.8) is 0 Å². The van der Waals surface area contributed by atoms with Gasteiger partial charge < -0.3 is 9.88 Å². The Morgan fingerprint density at radius 1 is 0.519 bits per heavy atom. The molecule has 252 valence electrons. The number of allylic oxidation sites excluding steroid dienone is 11. The van der Waals surface area contributed by atoms with Crippen molar-refractivity contribution in [3.05, 3.63) is 185 Å². The average molecular weight is 680 g/mol. The standard InChI is InChI=1S/C44H39N8/c1-49-21-13-29(14-22-49)41-33-5-7-35(45-33)42(30-15-23-50(2)24-16-30)37-9-11-39(47-37)44(32-19-27-52(4)28-20-32)40-12-10-38(48-40)43(36-8-6-34(41)46-36)31-17-25-51(3)26-18-31/h5-9,11,13-28,46H,10,12H2,1-4H3/q+3. The molecule has 0 saturated heterocycles. The van der Waals surface area contributed by atoms with Crippen molar-refractivity contribution in [3.8, 4) is 0 Å². The van der Waals surface area contributed by atoms with Gasteiger partial charge in [-0.3, -0.25) is 4.99 Å². The lowest BCUT2D eigenvalue weighted by molar-refractivity contribution is -0.671. The Bertz CT molecular complexity index is 2490. The topological polar surface area (TPSA) is 67.8 Å². The highest BCUT2D eigenvalue weighted by molar-refractivity contribution is 6.36. The van der Waals surface area contributed by atoms with Crippen molar-refractivity contribution in [1.29, 1.82) is 0 Å². The van der Waals surface area contributed by atoms with Gasteiger partial charge in [0.2, 0.25) is 0 Å². The Morgan fingerprint density at radius 3 is 1.58 bits per heavy atom. The van der Waals surface area contributed by atoms with E-state index in [0.29, 0.717) is 0 Å². The number of aryl methyl sites for hydroxylation is 3. The highest BCUT2D eigenvalue weighted by atomic mass is 15.0. The van der Waals surface area contributed by atoms with Gasteiger partial charge >= 0.3 is 0 Å². The Labute approximate surface area is 303 Å². The maximum atomic E-state index is 5.48. The SMILES string of the molecule is CN1C=CC(=C2C3=NC(=C(c4cc[n+](C)cc4)C4=NC(=C(c5cc[n+](C)cc5)C5=NC(=C(c6cc[n+](C)cc6)c6ccc2[nH]6)C=C5)C=C4)CC3)C=C1. The smallest absolute Gasteiger partial charge is 0.169 e. The van der Waals surface area contributed by atoms with Crippen LogP contribution in [0.25, 0.3) is 22.3 Å². The first-order chi connectivity index (χ1) is 25.4. The summed E-state index contributed by atoms with van der Waals surface area (Å²) in [7, 11) is 8.16. The van der Waals surface area contributed by atoms with Gasteiger partial charge in [-0.1, -0.05) is 0 Å². The van der Waals surface area contributed by atoms with Crippen molar-refractivity contribution < 1.29 is 13.7 Å². The number of hydrogen-bond acceptors (Lipinski definition) is 4. The molecule has 9 heterocycles. The van der Waals surface area contributed by atoms with Crippen LogP contribution in [-0.2, 0) is 21.1 Å². The molecule has 4 aromatic heterocycles. The summed E-state index contributed by atoms with van der Waals surface area (Å²) in [6.45, 7) is 0. The fraction of sp³-hybridized carbons (Fsp3) is 0.136. The molecule has 0 saturated carbocycles. The molecule has 0 amide bonds. The first-order valence-corrected chi connectivity index (χ1v) is 17.6. The van der Waals surface area contributed by atoms with Crippen LogP contribution >= 0.6 is 0 Å². The van der Waals surface area contributed by atoms with Gasteiger partial charge in [0.1, 0.15) is 21.1 Å². The van der Waals surface area contributed by atoms with Gasteiger partial charge in [-0.05, 0) is 83.7 Å². The molecule has 0 aromatic carbocycles. The van der Waals surface area contributed by atoms with E-state index in [1.54, 1.807) is 0 Å². The van der Waals surface area contributed by atoms with E-state index in [2.05, 4.69) is 154 Å². The lowest BCUT2D eigenvalue weighted by atomic mass is 9.96. The fourth-order valence-electron chi connectivity index (χ4n) is 7.32. The minimum atomic E-state index is 0.809. The number of aliphatic imine (C=N–C) groups is 3. The van der Waals surface area contributed by atoms with Crippen molar-refractivity contribution >= 4 is 39.4 Å². The van der Waals surface area contributed by atoms with Crippen molar-refractivity contribution in [2.75, 3.05) is 7.05 Å². The number of nitrogens with one attached hydrogen (secondary N) is 1. The third-order valence-electron chi connectivity index (χ3n) is 10.0. The van der Waals surface area contributed by atoms with E-state index in [-0.39, 0.29) is 0 Å². The highest BCUT2D eigenvalue weighted by Crippen LogP contribution is 2.39. The van der Waals surface area contributed by atoms with Crippen LogP contribution in [0.15, 0.2) is 172 Å². The zero-order valence-electron chi connectivity index (χ0n) is 29.7. The molecule has 8 bridgehead atoms. The maximum absolute atomic E-state index is 5.48. The maximum Gasteiger partial charge on any atom is 0.169 e. The van der Waals surface area contributed by atoms with Crippen LogP contribution in [0.4, 0.5) is 0 Å². The predicted octanol–water partition coefficient (Wildman–Crippen LogP) is 6.07. The molecule has 0 atom stereocenters. The van der Waals surface area contributed by atoms with Crippen LogP contribution < -0.4 is 13.7 Å². The molecule has 8 nitrogen and oxygen atoms in total. The molecule has 1 N–H and O–H groups in total. The van der Waals surface area contributed by atoms with E-state index in [1.165, 1.54) is 0 Å². The summed E-state index contributed by atoms with van der Waals surface area (Å²) in [4.78, 5) is 22.2. The highest BCUT2D eigenvalue weighted by Gasteiger charge is 2.29. The summed E-state index contributed by atoms with van der Waals surface area (Å²) in [6.07, 6.45) is 31.2. The number of pyridine rings is 3. The Hall–Kier alpha value is -6.54. The quantitative estimate of drug-likeness (QED) is 0.263. The van der Waals surface area contributed by atoms with Crippen molar-refractivity contribution in [2.45, 2.75) is 12.8 Å². The third-order valence-corrected chi connectivity index (χ3v) is 10.0. The number of H-pyrrole nitrogens is 1. The van der Waals surface area contributed by atoms with E-state index in [1.807, 2.05) is 32.8 Å². The zero-order chi connectivity index (χ0) is 35.3. The molecule has 0 fully saturated rings. The van der Waals surface area contributed by atoms with E-state index in [9.17, 15) is 0 Å². The van der Waals surface area contributed by atoms with Crippen LogP contribution in [0.5, 0.6) is 0 Å². The molecular weight excluding hydrogens is 641 g/mol.